The third kappa shape index (κ3) is 3.10. The molecule has 74 valence electrons. The van der Waals surface area contributed by atoms with Crippen LogP contribution in [0.5, 0.6) is 0 Å². The zero-order chi connectivity index (χ0) is 9.84. The van der Waals surface area contributed by atoms with Gasteiger partial charge < -0.3 is 5.73 Å². The molecule has 0 saturated carbocycles. The van der Waals surface area contributed by atoms with Gasteiger partial charge in [0.2, 0.25) is 0 Å². The molecule has 1 unspecified atom stereocenters. The van der Waals surface area contributed by atoms with Gasteiger partial charge in [0.1, 0.15) is 0 Å². The maximum atomic E-state index is 5.67. The quantitative estimate of drug-likeness (QED) is 0.725. The standard InChI is InChI=1S/C8H17N5/c1-6(2)5-13-8(4-7(3)9)10-11-12-13/h6-7H,4-5,9H2,1-3H3. The molecule has 1 atom stereocenters. The van der Waals surface area contributed by atoms with Crippen LogP contribution in [0.4, 0.5) is 0 Å². The summed E-state index contributed by atoms with van der Waals surface area (Å²) in [5, 5.41) is 11.5. The highest BCUT2D eigenvalue weighted by Gasteiger charge is 2.08. The lowest BCUT2D eigenvalue weighted by Crippen LogP contribution is -2.21. The number of nitrogens with zero attached hydrogens (tertiary/aromatic N) is 4. The van der Waals surface area contributed by atoms with E-state index in [1.165, 1.54) is 0 Å². The van der Waals surface area contributed by atoms with Crippen LogP contribution in [0.25, 0.3) is 0 Å². The molecule has 0 aliphatic rings. The molecule has 0 fully saturated rings. The molecule has 1 aromatic rings. The molecule has 0 aliphatic heterocycles. The van der Waals surface area contributed by atoms with Crippen molar-refractivity contribution in [2.45, 2.75) is 39.8 Å². The fraction of sp³-hybridized carbons (Fsp3) is 0.875. The predicted molar refractivity (Wildman–Crippen MR) is 50.0 cm³/mol. The fourth-order valence-electron chi connectivity index (χ4n) is 1.15. The van der Waals surface area contributed by atoms with Crippen LogP contribution in [0.1, 0.15) is 26.6 Å². The van der Waals surface area contributed by atoms with E-state index in [4.69, 9.17) is 5.73 Å². The molecular weight excluding hydrogens is 166 g/mol. The second kappa shape index (κ2) is 4.32. The fourth-order valence-corrected chi connectivity index (χ4v) is 1.15. The molecular formula is C8H17N5. The van der Waals surface area contributed by atoms with E-state index in [1.807, 2.05) is 11.6 Å². The zero-order valence-electron chi connectivity index (χ0n) is 8.44. The van der Waals surface area contributed by atoms with Crippen LogP contribution in [0, 0.1) is 5.92 Å². The molecule has 5 heteroatoms. The third-order valence-corrected chi connectivity index (χ3v) is 1.65. The summed E-state index contributed by atoms with van der Waals surface area (Å²) in [6.45, 7) is 7.08. The Balaban J connectivity index is 2.65. The second-order valence-corrected chi connectivity index (χ2v) is 3.85. The van der Waals surface area contributed by atoms with Crippen LogP contribution in [-0.4, -0.2) is 26.2 Å². The molecule has 1 rings (SSSR count). The monoisotopic (exact) mass is 183 g/mol. The predicted octanol–water partition coefficient (Wildman–Crippen LogP) is 0.219. The molecule has 0 radical (unpaired) electrons. The highest BCUT2D eigenvalue weighted by Crippen LogP contribution is 2.01. The Morgan fingerprint density at radius 3 is 2.62 bits per heavy atom. The number of rotatable bonds is 4. The van der Waals surface area contributed by atoms with Crippen LogP contribution in [0.2, 0.25) is 0 Å². The molecule has 1 heterocycles. The number of tetrazole rings is 1. The number of hydrogen-bond acceptors (Lipinski definition) is 4. The van der Waals surface area contributed by atoms with E-state index in [0.29, 0.717) is 5.92 Å². The van der Waals surface area contributed by atoms with Crippen molar-refractivity contribution in [2.24, 2.45) is 11.7 Å². The van der Waals surface area contributed by atoms with Crippen LogP contribution in [-0.2, 0) is 13.0 Å². The van der Waals surface area contributed by atoms with Gasteiger partial charge in [-0.15, -0.1) is 5.10 Å². The lowest BCUT2D eigenvalue weighted by molar-refractivity contribution is 0.453. The average Bonchev–Trinajstić information content (AvgIpc) is 2.34. The van der Waals surface area contributed by atoms with Crippen LogP contribution >= 0.6 is 0 Å². The summed E-state index contributed by atoms with van der Waals surface area (Å²) in [5.41, 5.74) is 5.67. The summed E-state index contributed by atoms with van der Waals surface area (Å²) in [7, 11) is 0. The summed E-state index contributed by atoms with van der Waals surface area (Å²) in [5.74, 6) is 1.43. The Morgan fingerprint density at radius 1 is 1.38 bits per heavy atom. The van der Waals surface area contributed by atoms with Crippen molar-refractivity contribution in [2.75, 3.05) is 0 Å². The van der Waals surface area contributed by atoms with E-state index in [2.05, 4.69) is 29.4 Å². The molecule has 0 saturated heterocycles. The summed E-state index contributed by atoms with van der Waals surface area (Å²) in [6.07, 6.45) is 0.736. The van der Waals surface area contributed by atoms with Gasteiger partial charge in [-0.2, -0.15) is 0 Å². The summed E-state index contributed by atoms with van der Waals surface area (Å²) in [6, 6.07) is 0.108. The van der Waals surface area contributed by atoms with Crippen LogP contribution in [0.3, 0.4) is 0 Å². The largest absolute Gasteiger partial charge is 0.328 e. The Hall–Kier alpha value is -0.970. The average molecular weight is 183 g/mol. The first-order valence-corrected chi connectivity index (χ1v) is 4.60. The Bertz CT molecular complexity index is 228. The third-order valence-electron chi connectivity index (χ3n) is 1.65. The maximum Gasteiger partial charge on any atom is 0.152 e. The van der Waals surface area contributed by atoms with Gasteiger partial charge in [0.15, 0.2) is 5.82 Å². The summed E-state index contributed by atoms with van der Waals surface area (Å²) in [4.78, 5) is 0. The van der Waals surface area contributed by atoms with Gasteiger partial charge in [0, 0.05) is 19.0 Å². The van der Waals surface area contributed by atoms with Crippen molar-refractivity contribution >= 4 is 0 Å². The second-order valence-electron chi connectivity index (χ2n) is 3.85. The van der Waals surface area contributed by atoms with Gasteiger partial charge in [0.05, 0.1) is 0 Å². The van der Waals surface area contributed by atoms with E-state index in [0.717, 1.165) is 18.8 Å². The van der Waals surface area contributed by atoms with E-state index < -0.39 is 0 Å². The molecule has 0 spiro atoms. The first kappa shape index (κ1) is 10.1. The molecule has 2 N–H and O–H groups in total. The number of hydrogen-bond donors (Lipinski definition) is 1. The smallest absolute Gasteiger partial charge is 0.152 e. The Labute approximate surface area is 78.3 Å². The van der Waals surface area contributed by atoms with Gasteiger partial charge in [-0.1, -0.05) is 13.8 Å². The van der Waals surface area contributed by atoms with Gasteiger partial charge >= 0.3 is 0 Å². The molecule has 0 aliphatic carbocycles. The van der Waals surface area contributed by atoms with Crippen molar-refractivity contribution in [3.63, 3.8) is 0 Å². The molecule has 13 heavy (non-hydrogen) atoms. The van der Waals surface area contributed by atoms with Crippen molar-refractivity contribution in [3.8, 4) is 0 Å². The molecule has 0 aromatic carbocycles. The van der Waals surface area contributed by atoms with E-state index >= 15 is 0 Å². The molecule has 0 amide bonds. The van der Waals surface area contributed by atoms with Crippen molar-refractivity contribution in [1.29, 1.82) is 0 Å². The van der Waals surface area contributed by atoms with E-state index in [-0.39, 0.29) is 6.04 Å². The van der Waals surface area contributed by atoms with Crippen molar-refractivity contribution in [3.05, 3.63) is 5.82 Å². The lowest BCUT2D eigenvalue weighted by atomic mass is 10.2. The molecule has 5 nitrogen and oxygen atoms in total. The highest BCUT2D eigenvalue weighted by atomic mass is 15.5. The Morgan fingerprint density at radius 2 is 2.08 bits per heavy atom. The lowest BCUT2D eigenvalue weighted by Gasteiger charge is -2.08. The minimum atomic E-state index is 0.108. The number of aromatic nitrogens is 4. The minimum absolute atomic E-state index is 0.108. The Kier molecular flexibility index (Phi) is 3.36. The van der Waals surface area contributed by atoms with E-state index in [1.54, 1.807) is 0 Å². The van der Waals surface area contributed by atoms with Gasteiger partial charge in [-0.3, -0.25) is 0 Å². The topological polar surface area (TPSA) is 69.6 Å². The molecule has 1 aromatic heterocycles. The number of nitrogens with two attached hydrogens (primary N) is 1. The van der Waals surface area contributed by atoms with Crippen LogP contribution in [0.15, 0.2) is 0 Å². The van der Waals surface area contributed by atoms with Crippen LogP contribution < -0.4 is 5.73 Å². The zero-order valence-corrected chi connectivity index (χ0v) is 8.44. The molecule has 0 bridgehead atoms. The normalized spacial score (nSPS) is 13.6. The summed E-state index contributed by atoms with van der Waals surface area (Å²) < 4.78 is 1.83. The SMILES string of the molecule is CC(C)Cn1nnnc1CC(C)N. The van der Waals surface area contributed by atoms with Gasteiger partial charge in [-0.05, 0) is 23.3 Å². The first-order valence-electron chi connectivity index (χ1n) is 4.60. The first-order chi connectivity index (χ1) is 6.09. The van der Waals surface area contributed by atoms with Crippen molar-refractivity contribution in [1.82, 2.24) is 20.2 Å². The highest BCUT2D eigenvalue weighted by molar-refractivity contribution is 4.84. The van der Waals surface area contributed by atoms with Gasteiger partial charge in [-0.25, -0.2) is 4.68 Å². The van der Waals surface area contributed by atoms with Crippen molar-refractivity contribution < 1.29 is 0 Å². The minimum Gasteiger partial charge on any atom is -0.328 e. The van der Waals surface area contributed by atoms with Gasteiger partial charge in [0.25, 0.3) is 0 Å². The summed E-state index contributed by atoms with van der Waals surface area (Å²) >= 11 is 0. The van der Waals surface area contributed by atoms with E-state index in [9.17, 15) is 0 Å². The maximum absolute atomic E-state index is 5.67.